The second-order valence-electron chi connectivity index (χ2n) is 6.43. The molecule has 18 heavy (non-hydrogen) atoms. The molecule has 4 atom stereocenters. The zero-order chi connectivity index (χ0) is 13.1. The molecule has 3 aliphatic rings. The van der Waals surface area contributed by atoms with E-state index >= 15 is 0 Å². The van der Waals surface area contributed by atoms with Crippen molar-refractivity contribution in [3.8, 4) is 0 Å². The van der Waals surface area contributed by atoms with Crippen LogP contribution in [0.4, 0.5) is 0 Å². The van der Waals surface area contributed by atoms with Crippen molar-refractivity contribution in [1.29, 1.82) is 0 Å². The number of aliphatic hydroxyl groups is 2. The third kappa shape index (κ3) is 1.41. The molecule has 1 saturated carbocycles. The maximum absolute atomic E-state index is 10.8. The first-order valence-corrected chi connectivity index (χ1v) is 6.84. The molecule has 2 N–H and O–H groups in total. The molecule has 3 nitrogen and oxygen atoms in total. The van der Waals surface area contributed by atoms with Crippen LogP contribution in [0.3, 0.4) is 0 Å². The summed E-state index contributed by atoms with van der Waals surface area (Å²) in [5, 5.41) is 20.7. The lowest BCUT2D eigenvalue weighted by Crippen LogP contribution is -2.50. The molecule has 0 radical (unpaired) electrons. The van der Waals surface area contributed by atoms with Gasteiger partial charge in [-0.2, -0.15) is 0 Å². The van der Waals surface area contributed by atoms with E-state index < -0.39 is 11.9 Å². The molecule has 1 heterocycles. The van der Waals surface area contributed by atoms with Gasteiger partial charge in [0.05, 0.1) is 0 Å². The first kappa shape index (κ1) is 12.4. The predicted octanol–water partition coefficient (Wildman–Crippen LogP) is 2.29. The monoisotopic (exact) mass is 250 g/mol. The molecule has 3 rings (SSSR count). The van der Waals surface area contributed by atoms with Crippen LogP contribution in [-0.2, 0) is 4.74 Å². The molecule has 0 amide bonds. The van der Waals surface area contributed by atoms with Gasteiger partial charge >= 0.3 is 0 Å². The minimum Gasteiger partial charge on any atom is -0.382 e. The zero-order valence-corrected chi connectivity index (χ0v) is 11.2. The molecule has 100 valence electrons. The summed E-state index contributed by atoms with van der Waals surface area (Å²) < 4.78 is 5.63. The van der Waals surface area contributed by atoms with Gasteiger partial charge in [0, 0.05) is 5.57 Å². The Balaban J connectivity index is 2.10. The third-order valence-electron chi connectivity index (χ3n) is 5.26. The first-order valence-electron chi connectivity index (χ1n) is 6.84. The van der Waals surface area contributed by atoms with E-state index in [4.69, 9.17) is 4.74 Å². The number of ether oxygens (including phenoxy) is 1. The molecule has 1 saturated heterocycles. The van der Waals surface area contributed by atoms with Crippen molar-refractivity contribution in [3.63, 3.8) is 0 Å². The Labute approximate surface area is 108 Å². The SMILES string of the molecule is C=C1C(O)O[C@H]2C3=C(C)CCC[C@]3(C)CC[C@@]12O. The van der Waals surface area contributed by atoms with Gasteiger partial charge in [-0.1, -0.05) is 19.1 Å². The summed E-state index contributed by atoms with van der Waals surface area (Å²) in [6.07, 6.45) is 3.61. The van der Waals surface area contributed by atoms with Crippen molar-refractivity contribution < 1.29 is 14.9 Å². The van der Waals surface area contributed by atoms with Crippen LogP contribution in [0.25, 0.3) is 0 Å². The quantitative estimate of drug-likeness (QED) is 0.649. The van der Waals surface area contributed by atoms with Crippen LogP contribution in [0.15, 0.2) is 23.3 Å². The lowest BCUT2D eigenvalue weighted by atomic mass is 9.58. The highest BCUT2D eigenvalue weighted by Gasteiger charge is 2.58. The predicted molar refractivity (Wildman–Crippen MR) is 68.9 cm³/mol. The Morgan fingerprint density at radius 1 is 1.33 bits per heavy atom. The normalized spacial score (nSPS) is 48.1. The van der Waals surface area contributed by atoms with Crippen molar-refractivity contribution in [1.82, 2.24) is 0 Å². The number of hydrogen-bond acceptors (Lipinski definition) is 3. The summed E-state index contributed by atoms with van der Waals surface area (Å²) in [5.74, 6) is 0. The number of allylic oxidation sites excluding steroid dienone is 1. The Morgan fingerprint density at radius 3 is 2.78 bits per heavy atom. The van der Waals surface area contributed by atoms with E-state index in [0.717, 1.165) is 19.3 Å². The fourth-order valence-corrected chi connectivity index (χ4v) is 4.10. The van der Waals surface area contributed by atoms with Crippen molar-refractivity contribution >= 4 is 0 Å². The van der Waals surface area contributed by atoms with E-state index in [1.54, 1.807) is 0 Å². The van der Waals surface area contributed by atoms with E-state index in [-0.39, 0.29) is 11.5 Å². The van der Waals surface area contributed by atoms with Crippen LogP contribution < -0.4 is 0 Å². The van der Waals surface area contributed by atoms with Crippen molar-refractivity contribution in [2.24, 2.45) is 5.41 Å². The average molecular weight is 250 g/mol. The van der Waals surface area contributed by atoms with Gasteiger partial charge in [0.15, 0.2) is 6.29 Å². The first-order chi connectivity index (χ1) is 8.38. The summed E-state index contributed by atoms with van der Waals surface area (Å²) in [5.41, 5.74) is 2.05. The average Bonchev–Trinajstić information content (AvgIpc) is 2.53. The third-order valence-corrected chi connectivity index (χ3v) is 5.26. The smallest absolute Gasteiger partial charge is 0.180 e. The van der Waals surface area contributed by atoms with Crippen LogP contribution in [0.2, 0.25) is 0 Å². The van der Waals surface area contributed by atoms with Gasteiger partial charge in [-0.25, -0.2) is 0 Å². The molecule has 0 aromatic heterocycles. The molecule has 0 aromatic carbocycles. The molecule has 2 fully saturated rings. The zero-order valence-electron chi connectivity index (χ0n) is 11.2. The summed E-state index contributed by atoms with van der Waals surface area (Å²) in [7, 11) is 0. The Hall–Kier alpha value is -0.640. The van der Waals surface area contributed by atoms with Gasteiger partial charge in [0.25, 0.3) is 0 Å². The summed E-state index contributed by atoms with van der Waals surface area (Å²) >= 11 is 0. The molecule has 1 aliphatic heterocycles. The second-order valence-corrected chi connectivity index (χ2v) is 6.43. The summed E-state index contributed by atoms with van der Waals surface area (Å²) in [6, 6.07) is 0. The Bertz CT molecular complexity index is 439. The van der Waals surface area contributed by atoms with Crippen molar-refractivity contribution in [2.75, 3.05) is 0 Å². The fraction of sp³-hybridized carbons (Fsp3) is 0.733. The number of hydrogen-bond donors (Lipinski definition) is 2. The largest absolute Gasteiger partial charge is 0.382 e. The van der Waals surface area contributed by atoms with Gasteiger partial charge in [0.1, 0.15) is 11.7 Å². The van der Waals surface area contributed by atoms with Gasteiger partial charge in [-0.05, 0) is 50.0 Å². The van der Waals surface area contributed by atoms with E-state index in [2.05, 4.69) is 20.4 Å². The van der Waals surface area contributed by atoms with Crippen LogP contribution in [0, 0.1) is 5.41 Å². The lowest BCUT2D eigenvalue weighted by Gasteiger charge is -2.49. The van der Waals surface area contributed by atoms with Gasteiger partial charge < -0.3 is 14.9 Å². The maximum atomic E-state index is 10.8. The molecular formula is C15H22O3. The Kier molecular flexibility index (Phi) is 2.54. The topological polar surface area (TPSA) is 49.7 Å². The van der Waals surface area contributed by atoms with Gasteiger partial charge in [0.2, 0.25) is 0 Å². The minimum absolute atomic E-state index is 0.129. The highest BCUT2D eigenvalue weighted by molar-refractivity contribution is 5.40. The van der Waals surface area contributed by atoms with Crippen LogP contribution in [0.5, 0.6) is 0 Å². The standard InChI is InChI=1S/C15H22O3/c1-9-5-4-6-14(3)7-8-15(17)10(2)13(16)18-12(15)11(9)14/h12-13,16-17H,2,4-8H2,1,3H3/t12-,13?,14+,15+/m0/s1. The van der Waals surface area contributed by atoms with E-state index in [1.807, 2.05) is 0 Å². The summed E-state index contributed by atoms with van der Waals surface area (Å²) in [6.45, 7) is 8.23. The van der Waals surface area contributed by atoms with Gasteiger partial charge in [-0.3, -0.25) is 0 Å². The van der Waals surface area contributed by atoms with Crippen molar-refractivity contribution in [2.45, 2.75) is 63.9 Å². The van der Waals surface area contributed by atoms with Crippen LogP contribution >= 0.6 is 0 Å². The lowest BCUT2D eigenvalue weighted by molar-refractivity contribution is -0.108. The maximum Gasteiger partial charge on any atom is 0.180 e. The van der Waals surface area contributed by atoms with E-state index in [0.29, 0.717) is 12.0 Å². The molecule has 0 bridgehead atoms. The number of aliphatic hydroxyl groups excluding tert-OH is 1. The van der Waals surface area contributed by atoms with Gasteiger partial charge in [-0.15, -0.1) is 0 Å². The molecular weight excluding hydrogens is 228 g/mol. The van der Waals surface area contributed by atoms with E-state index in [1.165, 1.54) is 17.6 Å². The minimum atomic E-state index is -1.06. The number of fused-ring (bicyclic) bond motifs is 3. The second kappa shape index (κ2) is 3.69. The molecule has 0 spiro atoms. The highest BCUT2D eigenvalue weighted by atomic mass is 16.6. The van der Waals surface area contributed by atoms with E-state index in [9.17, 15) is 10.2 Å². The molecule has 3 heteroatoms. The van der Waals surface area contributed by atoms with Crippen LogP contribution in [-0.4, -0.2) is 28.2 Å². The van der Waals surface area contributed by atoms with Crippen molar-refractivity contribution in [3.05, 3.63) is 23.3 Å². The fourth-order valence-electron chi connectivity index (χ4n) is 4.10. The Morgan fingerprint density at radius 2 is 2.06 bits per heavy atom. The number of rotatable bonds is 0. The summed E-state index contributed by atoms with van der Waals surface area (Å²) in [4.78, 5) is 0. The van der Waals surface area contributed by atoms with Crippen LogP contribution in [0.1, 0.15) is 46.0 Å². The molecule has 1 unspecified atom stereocenters. The molecule has 0 aromatic rings. The highest BCUT2D eigenvalue weighted by Crippen LogP contribution is 2.57. The molecule has 2 aliphatic carbocycles.